The Bertz CT molecular complexity index is 1460. The third-order valence-electron chi connectivity index (χ3n) is 5.64. The molecule has 0 aliphatic carbocycles. The van der Waals surface area contributed by atoms with Crippen LogP contribution in [0.3, 0.4) is 0 Å². The molecule has 168 valence electrons. The van der Waals surface area contributed by atoms with Gasteiger partial charge in [0.15, 0.2) is 11.3 Å². The maximum absolute atomic E-state index is 13.3. The standard InChI is InChI=1S/C20H19ClN4O6S/c1-23-14-13(19(28)24(2)20(23)29)15(18-22-9(6-26)8-32-18)25-5-10(7-27)30-17(16(14)25)11-3-4-12(21)31-11/h3-4,8,10,17,26-27H,5-7H2,1-2H3/t10-,17-/m1/s1. The second-order valence-corrected chi connectivity index (χ2v) is 8.77. The van der Waals surface area contributed by atoms with Crippen LogP contribution in [0, 0.1) is 0 Å². The van der Waals surface area contributed by atoms with Crippen molar-refractivity contribution in [3.8, 4) is 10.7 Å². The number of ether oxygens (including phenoxy) is 1. The number of hydrogen-bond donors (Lipinski definition) is 2. The SMILES string of the molecule is Cn1c(=O)c2c(-c3nc(CO)cs3)n3c(c2n(C)c1=O)[C@@H](c1ccc(Cl)o1)O[C@@H](CO)C3. The number of rotatable bonds is 4. The van der Waals surface area contributed by atoms with E-state index in [-0.39, 0.29) is 25.0 Å². The fraction of sp³-hybridized carbons (Fsp3) is 0.350. The van der Waals surface area contributed by atoms with Crippen LogP contribution in [0.15, 0.2) is 31.5 Å². The Morgan fingerprint density at radius 1 is 1.25 bits per heavy atom. The Hall–Kier alpha value is -2.70. The molecule has 0 radical (unpaired) electrons. The van der Waals surface area contributed by atoms with E-state index in [1.165, 1.54) is 23.0 Å². The van der Waals surface area contributed by atoms with Gasteiger partial charge in [-0.1, -0.05) is 0 Å². The first-order valence-electron chi connectivity index (χ1n) is 9.75. The third kappa shape index (κ3) is 3.00. The van der Waals surface area contributed by atoms with E-state index in [9.17, 15) is 19.8 Å². The molecule has 0 bridgehead atoms. The Morgan fingerprint density at radius 2 is 2.03 bits per heavy atom. The number of aromatic nitrogens is 4. The van der Waals surface area contributed by atoms with Gasteiger partial charge in [0, 0.05) is 19.5 Å². The molecule has 0 saturated carbocycles. The van der Waals surface area contributed by atoms with Crippen molar-refractivity contribution in [1.82, 2.24) is 18.7 Å². The topological polar surface area (TPSA) is 125 Å². The number of furan rings is 1. The third-order valence-corrected chi connectivity index (χ3v) is 6.74. The minimum absolute atomic E-state index is 0.162. The number of aliphatic hydroxyl groups is 2. The van der Waals surface area contributed by atoms with Gasteiger partial charge in [-0.3, -0.25) is 13.9 Å². The van der Waals surface area contributed by atoms with Crippen LogP contribution in [0.1, 0.15) is 23.3 Å². The highest BCUT2D eigenvalue weighted by atomic mass is 35.5. The molecule has 5 heterocycles. The van der Waals surface area contributed by atoms with Gasteiger partial charge in [0.1, 0.15) is 10.8 Å². The van der Waals surface area contributed by atoms with Gasteiger partial charge in [0.05, 0.1) is 53.8 Å². The van der Waals surface area contributed by atoms with Crippen molar-refractivity contribution in [1.29, 1.82) is 0 Å². The molecule has 2 atom stereocenters. The van der Waals surface area contributed by atoms with Crippen LogP contribution in [0.2, 0.25) is 5.22 Å². The van der Waals surface area contributed by atoms with Crippen molar-refractivity contribution in [2.75, 3.05) is 6.61 Å². The van der Waals surface area contributed by atoms with E-state index in [1.807, 2.05) is 4.57 Å². The van der Waals surface area contributed by atoms with Crippen molar-refractivity contribution >= 4 is 33.8 Å². The lowest BCUT2D eigenvalue weighted by molar-refractivity contribution is -0.0589. The van der Waals surface area contributed by atoms with E-state index < -0.39 is 23.5 Å². The van der Waals surface area contributed by atoms with Crippen molar-refractivity contribution in [2.45, 2.75) is 25.4 Å². The molecular weight excluding hydrogens is 460 g/mol. The summed E-state index contributed by atoms with van der Waals surface area (Å²) in [6, 6.07) is 3.23. The normalized spacial score (nSPS) is 18.4. The Balaban J connectivity index is 1.94. The Labute approximate surface area is 189 Å². The highest BCUT2D eigenvalue weighted by Gasteiger charge is 2.38. The van der Waals surface area contributed by atoms with E-state index in [0.29, 0.717) is 38.8 Å². The number of nitrogens with zero attached hydrogens (tertiary/aromatic N) is 4. The molecule has 12 heteroatoms. The molecule has 4 aromatic rings. The summed E-state index contributed by atoms with van der Waals surface area (Å²) >= 11 is 7.28. The number of aryl methyl sites for hydroxylation is 1. The second kappa shape index (κ2) is 7.71. The predicted molar refractivity (Wildman–Crippen MR) is 117 cm³/mol. The zero-order valence-corrected chi connectivity index (χ0v) is 18.7. The molecule has 1 aliphatic rings. The van der Waals surface area contributed by atoms with Crippen LogP contribution < -0.4 is 11.2 Å². The predicted octanol–water partition coefficient (Wildman–Crippen LogP) is 1.38. The zero-order chi connectivity index (χ0) is 22.7. The first kappa shape index (κ1) is 21.2. The van der Waals surface area contributed by atoms with Crippen molar-refractivity contribution in [2.24, 2.45) is 14.1 Å². The number of aliphatic hydroxyl groups excluding tert-OH is 2. The molecule has 1 aliphatic heterocycles. The van der Waals surface area contributed by atoms with Crippen LogP contribution in [-0.4, -0.2) is 41.6 Å². The van der Waals surface area contributed by atoms with Gasteiger partial charge in [-0.15, -0.1) is 11.3 Å². The lowest BCUT2D eigenvalue weighted by atomic mass is 10.1. The van der Waals surface area contributed by atoms with E-state index in [0.717, 1.165) is 4.57 Å². The maximum Gasteiger partial charge on any atom is 0.331 e. The molecule has 10 nitrogen and oxygen atoms in total. The van der Waals surface area contributed by atoms with Crippen LogP contribution in [-0.2, 0) is 32.0 Å². The van der Waals surface area contributed by atoms with E-state index in [2.05, 4.69) is 4.98 Å². The number of fused-ring (bicyclic) bond motifs is 3. The van der Waals surface area contributed by atoms with Gasteiger partial charge in [0.25, 0.3) is 5.56 Å². The number of hydrogen-bond acceptors (Lipinski definition) is 8. The number of halogens is 1. The summed E-state index contributed by atoms with van der Waals surface area (Å²) in [6.07, 6.45) is -1.42. The minimum Gasteiger partial charge on any atom is -0.446 e. The number of thiazole rings is 1. The average Bonchev–Trinajstić information content (AvgIpc) is 3.51. The quantitative estimate of drug-likeness (QED) is 0.454. The zero-order valence-electron chi connectivity index (χ0n) is 17.1. The fourth-order valence-electron chi connectivity index (χ4n) is 4.18. The maximum atomic E-state index is 13.3. The first-order valence-corrected chi connectivity index (χ1v) is 11.0. The molecule has 32 heavy (non-hydrogen) atoms. The smallest absolute Gasteiger partial charge is 0.331 e. The van der Waals surface area contributed by atoms with Crippen molar-refractivity contribution < 1.29 is 19.4 Å². The molecule has 0 saturated heterocycles. The summed E-state index contributed by atoms with van der Waals surface area (Å²) in [5, 5.41) is 22.1. The molecule has 0 aromatic carbocycles. The van der Waals surface area contributed by atoms with Gasteiger partial charge >= 0.3 is 5.69 Å². The molecular formula is C20H19ClN4O6S. The van der Waals surface area contributed by atoms with Crippen LogP contribution >= 0.6 is 22.9 Å². The van der Waals surface area contributed by atoms with Gasteiger partial charge in [-0.05, 0) is 23.7 Å². The summed E-state index contributed by atoms with van der Waals surface area (Å²) in [5.41, 5.74) is 0.929. The highest BCUT2D eigenvalue weighted by molar-refractivity contribution is 7.13. The first-order chi connectivity index (χ1) is 15.3. The minimum atomic E-state index is -0.820. The fourth-order valence-corrected chi connectivity index (χ4v) is 5.20. The summed E-state index contributed by atoms with van der Waals surface area (Å²) < 4.78 is 16.0. The Kier molecular flexibility index (Phi) is 5.10. The summed E-state index contributed by atoms with van der Waals surface area (Å²) in [4.78, 5) is 30.6. The van der Waals surface area contributed by atoms with Gasteiger partial charge in [-0.25, -0.2) is 9.78 Å². The molecule has 0 unspecified atom stereocenters. The average molecular weight is 479 g/mol. The molecule has 0 fully saturated rings. The van der Waals surface area contributed by atoms with Crippen LogP contribution in [0.25, 0.3) is 21.6 Å². The van der Waals surface area contributed by atoms with Crippen LogP contribution in [0.4, 0.5) is 0 Å². The molecule has 0 spiro atoms. The lowest BCUT2D eigenvalue weighted by Gasteiger charge is -2.31. The second-order valence-electron chi connectivity index (χ2n) is 7.54. The van der Waals surface area contributed by atoms with Crippen LogP contribution in [0.5, 0.6) is 0 Å². The molecule has 4 aromatic heterocycles. The molecule has 0 amide bonds. The van der Waals surface area contributed by atoms with Gasteiger partial charge < -0.3 is 23.9 Å². The summed E-state index contributed by atoms with van der Waals surface area (Å²) in [5.74, 6) is 0.378. The largest absolute Gasteiger partial charge is 0.446 e. The van der Waals surface area contributed by atoms with Crippen molar-refractivity contribution in [3.63, 3.8) is 0 Å². The summed E-state index contributed by atoms with van der Waals surface area (Å²) in [7, 11) is 3.00. The highest BCUT2D eigenvalue weighted by Crippen LogP contribution is 2.43. The summed E-state index contributed by atoms with van der Waals surface area (Å²) in [6.45, 7) is -0.282. The van der Waals surface area contributed by atoms with Crippen molar-refractivity contribution in [3.05, 3.63) is 60.7 Å². The van der Waals surface area contributed by atoms with E-state index in [1.54, 1.807) is 24.6 Å². The monoisotopic (exact) mass is 478 g/mol. The van der Waals surface area contributed by atoms with Gasteiger partial charge in [-0.2, -0.15) is 0 Å². The molecule has 2 N–H and O–H groups in total. The van der Waals surface area contributed by atoms with Gasteiger partial charge in [0.2, 0.25) is 0 Å². The Morgan fingerprint density at radius 3 is 2.66 bits per heavy atom. The molecule has 5 rings (SSSR count). The van der Waals surface area contributed by atoms with E-state index >= 15 is 0 Å². The lowest BCUT2D eigenvalue weighted by Crippen LogP contribution is -2.37. The van der Waals surface area contributed by atoms with E-state index in [4.69, 9.17) is 20.8 Å².